The lowest BCUT2D eigenvalue weighted by molar-refractivity contribution is 0.0832. The minimum atomic E-state index is -3.85. The number of carbonyl (C=O) groups is 1. The van der Waals surface area contributed by atoms with Crippen molar-refractivity contribution in [3.63, 3.8) is 0 Å². The third kappa shape index (κ3) is 4.12. The van der Waals surface area contributed by atoms with Crippen LogP contribution in [0.25, 0.3) is 10.9 Å². The number of hydrogen-bond acceptors (Lipinski definition) is 7. The molecule has 1 fully saturated rings. The summed E-state index contributed by atoms with van der Waals surface area (Å²) in [6.45, 7) is 1.61. The first-order valence-electron chi connectivity index (χ1n) is 10.8. The van der Waals surface area contributed by atoms with E-state index in [0.717, 1.165) is 23.4 Å². The maximum absolute atomic E-state index is 13.2. The molecule has 10 heteroatoms. The van der Waals surface area contributed by atoms with Crippen molar-refractivity contribution in [2.45, 2.75) is 30.2 Å². The van der Waals surface area contributed by atoms with Crippen LogP contribution < -0.4 is 20.5 Å². The van der Waals surface area contributed by atoms with Gasteiger partial charge in [0.15, 0.2) is 0 Å². The molecule has 5 rings (SSSR count). The average molecular weight is 469 g/mol. The topological polar surface area (TPSA) is 133 Å². The molecule has 1 saturated heterocycles. The van der Waals surface area contributed by atoms with Crippen molar-refractivity contribution in [1.29, 1.82) is 0 Å². The number of fused-ring (bicyclic) bond motifs is 2. The van der Waals surface area contributed by atoms with Gasteiger partial charge in [0.05, 0.1) is 23.4 Å². The maximum atomic E-state index is 13.2. The van der Waals surface area contributed by atoms with E-state index in [1.165, 1.54) is 12.3 Å². The Labute approximate surface area is 191 Å². The summed E-state index contributed by atoms with van der Waals surface area (Å²) < 4.78 is 40.2. The van der Waals surface area contributed by atoms with Crippen molar-refractivity contribution in [3.05, 3.63) is 53.7 Å². The molecule has 1 amide bonds. The van der Waals surface area contributed by atoms with E-state index >= 15 is 0 Å². The van der Waals surface area contributed by atoms with Crippen molar-refractivity contribution in [2.24, 2.45) is 5.73 Å². The Hall–Kier alpha value is -3.21. The van der Waals surface area contributed by atoms with Crippen LogP contribution in [0.5, 0.6) is 5.75 Å². The van der Waals surface area contributed by atoms with Gasteiger partial charge >= 0.3 is 0 Å². The number of primary amides is 1. The van der Waals surface area contributed by atoms with Gasteiger partial charge in [-0.15, -0.1) is 0 Å². The molecule has 0 aliphatic carbocycles. The number of para-hydroxylation sites is 1. The van der Waals surface area contributed by atoms with Gasteiger partial charge in [-0.05, 0) is 31.0 Å². The molecule has 4 N–H and O–H groups in total. The lowest BCUT2D eigenvalue weighted by atomic mass is 10.1. The van der Waals surface area contributed by atoms with Gasteiger partial charge in [-0.1, -0.05) is 18.2 Å². The Morgan fingerprint density at radius 1 is 1.09 bits per heavy atom. The van der Waals surface area contributed by atoms with Crippen molar-refractivity contribution in [2.75, 3.05) is 25.1 Å². The van der Waals surface area contributed by atoms with E-state index in [9.17, 15) is 13.2 Å². The van der Waals surface area contributed by atoms with Gasteiger partial charge in [0.2, 0.25) is 10.0 Å². The van der Waals surface area contributed by atoms with Gasteiger partial charge in [-0.2, -0.15) is 0 Å². The van der Waals surface area contributed by atoms with Crippen LogP contribution in [0.1, 0.15) is 28.8 Å². The van der Waals surface area contributed by atoms with E-state index in [1.54, 1.807) is 12.1 Å². The predicted molar refractivity (Wildman–Crippen MR) is 123 cm³/mol. The summed E-state index contributed by atoms with van der Waals surface area (Å²) in [5, 5.41) is 3.79. The molecule has 0 radical (unpaired) electrons. The molecule has 0 saturated carbocycles. The predicted octanol–water partition coefficient (Wildman–Crippen LogP) is 2.47. The number of nitrogens with two attached hydrogens (primary N) is 1. The largest absolute Gasteiger partial charge is 0.493 e. The normalized spacial score (nSPS) is 16.4. The van der Waals surface area contributed by atoms with E-state index in [-0.39, 0.29) is 22.0 Å². The first-order chi connectivity index (χ1) is 15.9. The molecule has 2 aliphatic heterocycles. The molecule has 9 nitrogen and oxygen atoms in total. The summed E-state index contributed by atoms with van der Waals surface area (Å²) in [6, 6.07) is 10.3. The summed E-state index contributed by atoms with van der Waals surface area (Å²) >= 11 is 0. The lowest BCUT2D eigenvalue weighted by Gasteiger charge is -2.23. The molecule has 0 spiro atoms. The average Bonchev–Trinajstić information content (AvgIpc) is 3.29. The minimum absolute atomic E-state index is 0.0483. The van der Waals surface area contributed by atoms with Gasteiger partial charge < -0.3 is 20.5 Å². The fourth-order valence-corrected chi connectivity index (χ4v) is 5.78. The van der Waals surface area contributed by atoms with Crippen LogP contribution >= 0.6 is 0 Å². The van der Waals surface area contributed by atoms with E-state index in [4.69, 9.17) is 15.2 Å². The Morgan fingerprint density at radius 2 is 1.88 bits per heavy atom. The highest BCUT2D eigenvalue weighted by molar-refractivity contribution is 7.89. The van der Waals surface area contributed by atoms with Crippen LogP contribution in [0, 0.1) is 0 Å². The molecule has 3 heterocycles. The molecule has 33 heavy (non-hydrogen) atoms. The van der Waals surface area contributed by atoms with Crippen LogP contribution in [0.3, 0.4) is 0 Å². The monoisotopic (exact) mass is 468 g/mol. The first kappa shape index (κ1) is 21.6. The number of rotatable bonds is 6. The number of aromatic nitrogens is 1. The highest BCUT2D eigenvalue weighted by atomic mass is 32.2. The summed E-state index contributed by atoms with van der Waals surface area (Å²) in [6.07, 6.45) is 3.26. The fourth-order valence-electron chi connectivity index (χ4n) is 4.31. The molecule has 1 aromatic heterocycles. The second-order valence-electron chi connectivity index (χ2n) is 8.08. The number of nitrogens with one attached hydrogen (secondary N) is 2. The van der Waals surface area contributed by atoms with E-state index in [0.29, 0.717) is 43.7 Å². The number of benzene rings is 2. The number of amides is 1. The van der Waals surface area contributed by atoms with E-state index in [1.807, 2.05) is 18.2 Å². The Morgan fingerprint density at radius 3 is 2.67 bits per heavy atom. The quantitative estimate of drug-likeness (QED) is 0.506. The molecule has 0 bridgehead atoms. The van der Waals surface area contributed by atoms with E-state index in [2.05, 4.69) is 15.0 Å². The summed E-state index contributed by atoms with van der Waals surface area (Å²) in [4.78, 5) is 16.6. The standard InChI is InChI=1S/C23H24N4O5S/c24-23(28)17-13-25-22-16(21(17)26-18-4-2-5-19-15(18)9-12-32-19)3-1-6-20(22)33(29,30)27-14-7-10-31-11-8-14/h1-6,13-14,27H,7-12H2,(H2,24,28)(H,25,26). The highest BCUT2D eigenvalue weighted by Crippen LogP contribution is 2.37. The smallest absolute Gasteiger partial charge is 0.252 e. The molecular weight excluding hydrogens is 444 g/mol. The van der Waals surface area contributed by atoms with Crippen molar-refractivity contribution < 1.29 is 22.7 Å². The maximum Gasteiger partial charge on any atom is 0.252 e. The number of ether oxygens (including phenoxy) is 2. The third-order valence-corrected chi connectivity index (χ3v) is 7.51. The van der Waals surface area contributed by atoms with Crippen LogP contribution in [0.15, 0.2) is 47.5 Å². The fraction of sp³-hybridized carbons (Fsp3) is 0.304. The van der Waals surface area contributed by atoms with Crippen LogP contribution in [0.2, 0.25) is 0 Å². The van der Waals surface area contributed by atoms with Crippen LogP contribution in [-0.4, -0.2) is 45.2 Å². The Balaban J connectivity index is 1.61. The molecular formula is C23H24N4O5S. The number of nitrogens with zero attached hydrogens (tertiary/aromatic N) is 1. The summed E-state index contributed by atoms with van der Waals surface area (Å²) in [5.41, 5.74) is 8.24. The van der Waals surface area contributed by atoms with Gasteiger partial charge in [-0.3, -0.25) is 9.78 Å². The second kappa shape index (κ2) is 8.62. The molecule has 2 aliphatic rings. The van der Waals surface area contributed by atoms with E-state index < -0.39 is 15.9 Å². The van der Waals surface area contributed by atoms with Crippen LogP contribution in [-0.2, 0) is 21.2 Å². The summed E-state index contributed by atoms with van der Waals surface area (Å²) in [5.74, 6) is 0.118. The zero-order valence-electron chi connectivity index (χ0n) is 17.8. The lowest BCUT2D eigenvalue weighted by Crippen LogP contribution is -2.38. The molecule has 0 unspecified atom stereocenters. The SMILES string of the molecule is NC(=O)c1cnc2c(S(=O)(=O)NC3CCOCC3)cccc2c1Nc1cccc2c1CCO2. The molecule has 0 atom stereocenters. The zero-order valence-corrected chi connectivity index (χ0v) is 18.7. The van der Waals surface area contributed by atoms with Gasteiger partial charge in [-0.25, -0.2) is 13.1 Å². The number of hydrogen-bond donors (Lipinski definition) is 3. The van der Waals surface area contributed by atoms with Gasteiger partial charge in [0.25, 0.3) is 5.91 Å². The Bertz CT molecular complexity index is 1340. The third-order valence-electron chi connectivity index (χ3n) is 5.96. The Kier molecular flexibility index (Phi) is 5.65. The second-order valence-corrected chi connectivity index (χ2v) is 9.76. The minimum Gasteiger partial charge on any atom is -0.493 e. The van der Waals surface area contributed by atoms with Crippen LogP contribution in [0.4, 0.5) is 11.4 Å². The van der Waals surface area contributed by atoms with Crippen molar-refractivity contribution in [3.8, 4) is 5.75 Å². The molecule has 3 aromatic rings. The number of pyridine rings is 1. The van der Waals surface area contributed by atoms with Crippen molar-refractivity contribution >= 4 is 38.2 Å². The first-order valence-corrected chi connectivity index (χ1v) is 12.3. The number of carbonyl (C=O) groups excluding carboxylic acids is 1. The van der Waals surface area contributed by atoms with Gasteiger partial charge in [0.1, 0.15) is 10.6 Å². The van der Waals surface area contributed by atoms with Gasteiger partial charge in [0, 0.05) is 48.5 Å². The zero-order chi connectivity index (χ0) is 23.0. The highest BCUT2D eigenvalue weighted by Gasteiger charge is 2.26. The number of anilines is 2. The molecule has 172 valence electrons. The van der Waals surface area contributed by atoms with Crippen molar-refractivity contribution in [1.82, 2.24) is 9.71 Å². The summed E-state index contributed by atoms with van der Waals surface area (Å²) in [7, 11) is -3.85. The number of sulfonamides is 1. The molecule has 2 aromatic carbocycles.